The Balaban J connectivity index is 0.000000211. The van der Waals surface area contributed by atoms with E-state index in [1.807, 2.05) is 58.3 Å². The Hall–Kier alpha value is -2.99. The molecule has 0 saturated heterocycles. The van der Waals surface area contributed by atoms with Crippen LogP contribution in [0.4, 0.5) is 0 Å². The van der Waals surface area contributed by atoms with E-state index >= 15 is 0 Å². The summed E-state index contributed by atoms with van der Waals surface area (Å²) in [5, 5.41) is 9.16. The third kappa shape index (κ3) is 8.00. The first kappa shape index (κ1) is 29.6. The van der Waals surface area contributed by atoms with Gasteiger partial charge < -0.3 is 19.7 Å². The number of carbonyl (C=O) groups is 3. The third-order valence-corrected chi connectivity index (χ3v) is 7.33. The lowest BCUT2D eigenvalue weighted by Crippen LogP contribution is -2.31. The van der Waals surface area contributed by atoms with Crippen LogP contribution >= 0.6 is 0 Å². The Morgan fingerprint density at radius 2 is 1.21 bits per heavy atom. The van der Waals surface area contributed by atoms with Crippen LogP contribution in [0, 0.1) is 23.7 Å². The molecule has 2 aliphatic rings. The molecule has 0 saturated carbocycles. The van der Waals surface area contributed by atoms with Gasteiger partial charge in [-0.25, -0.2) is 0 Å². The molecule has 2 heterocycles. The van der Waals surface area contributed by atoms with E-state index in [2.05, 4.69) is 27.7 Å². The van der Waals surface area contributed by atoms with Crippen molar-refractivity contribution in [3.05, 3.63) is 70.8 Å². The van der Waals surface area contributed by atoms with E-state index in [0.29, 0.717) is 37.3 Å². The average Bonchev–Trinajstić information content (AvgIpc) is 3.35. The minimum atomic E-state index is 0.107. The highest BCUT2D eigenvalue weighted by Crippen LogP contribution is 2.27. The second kappa shape index (κ2) is 14.2. The number of aldehydes is 1. The molecule has 0 unspecified atom stereocenters. The first-order valence-electron chi connectivity index (χ1n) is 14.0. The van der Waals surface area contributed by atoms with Crippen molar-refractivity contribution in [2.24, 2.45) is 23.7 Å². The summed E-state index contributed by atoms with van der Waals surface area (Å²) in [6.45, 7) is 11.7. The Morgan fingerprint density at radius 1 is 0.763 bits per heavy atom. The van der Waals surface area contributed by atoms with Crippen LogP contribution in [-0.2, 0) is 17.9 Å². The second-order valence-electron chi connectivity index (χ2n) is 11.6. The van der Waals surface area contributed by atoms with Gasteiger partial charge in [-0.1, -0.05) is 64.1 Å². The number of aliphatic hydroxyl groups excluding tert-OH is 1. The maximum Gasteiger partial charge on any atom is 0.254 e. The quantitative estimate of drug-likeness (QED) is 0.371. The van der Waals surface area contributed by atoms with Crippen LogP contribution in [0.1, 0.15) is 85.2 Å². The van der Waals surface area contributed by atoms with E-state index in [0.717, 1.165) is 60.9 Å². The lowest BCUT2D eigenvalue weighted by molar-refractivity contribution is -0.108. The van der Waals surface area contributed by atoms with E-state index in [4.69, 9.17) is 5.11 Å². The van der Waals surface area contributed by atoms with Crippen LogP contribution in [0.25, 0.3) is 0 Å². The number of rotatable bonds is 12. The Morgan fingerprint density at radius 3 is 1.63 bits per heavy atom. The number of fused-ring (bicyclic) bond motifs is 2. The molecule has 0 fully saturated rings. The number of hydrogen-bond donors (Lipinski definition) is 1. The zero-order valence-corrected chi connectivity index (χ0v) is 23.4. The van der Waals surface area contributed by atoms with Gasteiger partial charge in [0.05, 0.1) is 0 Å². The first-order chi connectivity index (χ1) is 18.2. The topological polar surface area (TPSA) is 77.9 Å². The van der Waals surface area contributed by atoms with E-state index in [1.54, 1.807) is 0 Å². The molecule has 0 radical (unpaired) electrons. The van der Waals surface area contributed by atoms with Crippen LogP contribution in [0.3, 0.4) is 0 Å². The molecular weight excluding hydrogens is 476 g/mol. The van der Waals surface area contributed by atoms with Gasteiger partial charge in [-0.15, -0.1) is 0 Å². The predicted molar refractivity (Wildman–Crippen MR) is 151 cm³/mol. The largest absolute Gasteiger partial charge is 0.396 e. The highest BCUT2D eigenvalue weighted by Gasteiger charge is 2.29. The number of carbonyl (C=O) groups excluding carboxylic acids is 3. The summed E-state index contributed by atoms with van der Waals surface area (Å²) >= 11 is 0. The fourth-order valence-electron chi connectivity index (χ4n) is 5.73. The van der Waals surface area contributed by atoms with Crippen LogP contribution in [0.5, 0.6) is 0 Å². The zero-order chi connectivity index (χ0) is 27.7. The average molecular weight is 521 g/mol. The smallest absolute Gasteiger partial charge is 0.254 e. The number of hydrogen-bond acceptors (Lipinski definition) is 4. The minimum Gasteiger partial charge on any atom is -0.396 e. The standard InChI is InChI=1S/C16H23NO2.C16H21NO2/c2*1-12(2)9-13(7-8-18)10-17-11-14-5-3-4-6-15(14)16(17)19/h3-6,12-13,18H,7-11H2,1-2H3;3-6,8,12-13H,7,9-11H2,1-2H3/t2*13-/m11/s1. The minimum absolute atomic E-state index is 0.107. The third-order valence-electron chi connectivity index (χ3n) is 7.33. The number of nitrogens with zero attached hydrogens (tertiary/aromatic N) is 2. The maximum absolute atomic E-state index is 12.3. The molecule has 2 aromatic rings. The molecule has 2 amide bonds. The first-order valence-corrected chi connectivity index (χ1v) is 14.0. The van der Waals surface area contributed by atoms with Crippen molar-refractivity contribution in [2.75, 3.05) is 19.7 Å². The molecule has 0 spiro atoms. The number of aliphatic hydroxyl groups is 1. The molecular formula is C32H44N2O4. The number of benzene rings is 2. The molecule has 2 atom stereocenters. The van der Waals surface area contributed by atoms with Gasteiger partial charge in [-0.3, -0.25) is 9.59 Å². The van der Waals surface area contributed by atoms with Gasteiger partial charge in [-0.2, -0.15) is 0 Å². The Bertz CT molecular complexity index is 1080. The summed E-state index contributed by atoms with van der Waals surface area (Å²) in [6.07, 6.45) is 4.33. The molecule has 6 heteroatoms. The van der Waals surface area contributed by atoms with Crippen molar-refractivity contribution >= 4 is 18.1 Å². The molecule has 0 aromatic heterocycles. The van der Waals surface area contributed by atoms with Crippen molar-refractivity contribution in [1.82, 2.24) is 9.80 Å². The molecule has 4 rings (SSSR count). The zero-order valence-electron chi connectivity index (χ0n) is 23.4. The van der Waals surface area contributed by atoms with Gasteiger partial charge >= 0.3 is 0 Å². The van der Waals surface area contributed by atoms with E-state index < -0.39 is 0 Å². The van der Waals surface area contributed by atoms with Gasteiger partial charge in [0.2, 0.25) is 0 Å². The molecule has 2 aliphatic heterocycles. The SMILES string of the molecule is CC(C)C[C@@H](CC=O)CN1Cc2ccccc2C1=O.CC(C)C[C@@H](CCO)CN1Cc2ccccc2C1=O. The lowest BCUT2D eigenvalue weighted by atomic mass is 9.94. The van der Waals surface area contributed by atoms with E-state index in [-0.39, 0.29) is 24.3 Å². The van der Waals surface area contributed by atoms with Crippen LogP contribution in [0.15, 0.2) is 48.5 Å². The fraction of sp³-hybridized carbons (Fsp3) is 0.531. The van der Waals surface area contributed by atoms with Crippen molar-refractivity contribution in [3.8, 4) is 0 Å². The Labute approximate surface area is 228 Å². The summed E-state index contributed by atoms with van der Waals surface area (Å²) in [7, 11) is 0. The highest BCUT2D eigenvalue weighted by molar-refractivity contribution is 5.98. The summed E-state index contributed by atoms with van der Waals surface area (Å²) in [5.41, 5.74) is 3.88. The van der Waals surface area contributed by atoms with Crippen LogP contribution in [-0.4, -0.2) is 52.7 Å². The van der Waals surface area contributed by atoms with Crippen molar-refractivity contribution in [1.29, 1.82) is 0 Å². The van der Waals surface area contributed by atoms with E-state index in [1.165, 1.54) is 0 Å². The lowest BCUT2D eigenvalue weighted by Gasteiger charge is -2.24. The van der Waals surface area contributed by atoms with Crippen molar-refractivity contribution in [3.63, 3.8) is 0 Å². The maximum atomic E-state index is 12.3. The predicted octanol–water partition coefficient (Wildman–Crippen LogP) is 5.58. The number of amides is 2. The molecule has 1 N–H and O–H groups in total. The highest BCUT2D eigenvalue weighted by atomic mass is 16.3. The Kier molecular flexibility index (Phi) is 11.1. The van der Waals surface area contributed by atoms with Gasteiger partial charge in [-0.05, 0) is 66.2 Å². The molecule has 2 aromatic carbocycles. The second-order valence-corrected chi connectivity index (χ2v) is 11.6. The summed E-state index contributed by atoms with van der Waals surface area (Å²) < 4.78 is 0. The van der Waals surface area contributed by atoms with Crippen LogP contribution in [0.2, 0.25) is 0 Å². The van der Waals surface area contributed by atoms with Gasteiger partial charge in [0, 0.05) is 50.3 Å². The molecule has 38 heavy (non-hydrogen) atoms. The normalized spacial score (nSPS) is 15.9. The fourth-order valence-corrected chi connectivity index (χ4v) is 5.73. The molecule has 0 aliphatic carbocycles. The summed E-state index contributed by atoms with van der Waals surface area (Å²) in [4.78, 5) is 39.1. The molecule has 6 nitrogen and oxygen atoms in total. The van der Waals surface area contributed by atoms with Gasteiger partial charge in [0.25, 0.3) is 11.8 Å². The summed E-state index contributed by atoms with van der Waals surface area (Å²) in [6, 6.07) is 15.6. The van der Waals surface area contributed by atoms with Crippen molar-refractivity contribution < 1.29 is 19.5 Å². The molecule has 206 valence electrons. The molecule has 0 bridgehead atoms. The van der Waals surface area contributed by atoms with E-state index in [9.17, 15) is 14.4 Å². The summed E-state index contributed by atoms with van der Waals surface area (Å²) in [5.74, 6) is 2.05. The monoisotopic (exact) mass is 520 g/mol. The van der Waals surface area contributed by atoms with Crippen LogP contribution < -0.4 is 0 Å². The van der Waals surface area contributed by atoms with Gasteiger partial charge in [0.1, 0.15) is 6.29 Å². The van der Waals surface area contributed by atoms with Gasteiger partial charge in [0.15, 0.2) is 0 Å². The van der Waals surface area contributed by atoms with Crippen molar-refractivity contribution in [2.45, 2.75) is 66.5 Å².